The van der Waals surface area contributed by atoms with Crippen LogP contribution < -0.4 is 0 Å². The summed E-state index contributed by atoms with van der Waals surface area (Å²) in [6.45, 7) is 0. The highest BCUT2D eigenvalue weighted by Gasteiger charge is 2.43. The third kappa shape index (κ3) is 2.94. The summed E-state index contributed by atoms with van der Waals surface area (Å²) in [7, 11) is -4.88. The molecule has 0 aliphatic rings. The van der Waals surface area contributed by atoms with Gasteiger partial charge in [0.2, 0.25) is 9.84 Å². The summed E-state index contributed by atoms with van der Waals surface area (Å²) < 4.78 is 98.2. The normalized spacial score (nSPS) is 13.6. The molecule has 2 heterocycles. The zero-order chi connectivity index (χ0) is 16.1. The smallest absolute Gasteiger partial charge is 0.217 e. The third-order valence-electron chi connectivity index (χ3n) is 2.36. The number of rotatable bonds is 2. The molecule has 0 atom stereocenters. The molecule has 2 aromatic heterocycles. The van der Waals surface area contributed by atoms with Crippen molar-refractivity contribution in [1.29, 1.82) is 0 Å². The molecule has 0 aliphatic carbocycles. The molecule has 0 radical (unpaired) electrons. The molecule has 21 heavy (non-hydrogen) atoms. The van der Waals surface area contributed by atoms with Crippen LogP contribution in [0, 0.1) is 0 Å². The molecule has 0 amide bonds. The van der Waals surface area contributed by atoms with Gasteiger partial charge in [0.25, 0.3) is 0 Å². The molecule has 0 saturated carbocycles. The molecular formula is C10H4F6O2S3. The Morgan fingerprint density at radius 3 is 1.38 bits per heavy atom. The lowest BCUT2D eigenvalue weighted by atomic mass is 10.3. The van der Waals surface area contributed by atoms with Gasteiger partial charge in [0.15, 0.2) is 0 Å². The Bertz CT molecular complexity index is 692. The lowest BCUT2D eigenvalue weighted by Gasteiger charge is -2.10. The molecule has 0 saturated heterocycles. The topological polar surface area (TPSA) is 34.1 Å². The molecule has 11 heteroatoms. The summed E-state index contributed by atoms with van der Waals surface area (Å²) in [5.41, 5.74) is -2.93. The van der Waals surface area contributed by atoms with Gasteiger partial charge in [-0.15, -0.1) is 22.7 Å². The molecule has 0 bridgehead atoms. The van der Waals surface area contributed by atoms with Crippen molar-refractivity contribution in [3.8, 4) is 0 Å². The monoisotopic (exact) mass is 366 g/mol. The first-order chi connectivity index (χ1) is 9.45. The second-order valence-corrected chi connectivity index (χ2v) is 7.91. The molecule has 0 N–H and O–H groups in total. The van der Waals surface area contributed by atoms with Crippen LogP contribution in [-0.2, 0) is 22.2 Å². The zero-order valence-corrected chi connectivity index (χ0v) is 12.1. The molecule has 0 aliphatic heterocycles. The van der Waals surface area contributed by atoms with Crippen molar-refractivity contribution in [1.82, 2.24) is 0 Å². The number of thiophene rings is 2. The van der Waals surface area contributed by atoms with E-state index in [0.29, 0.717) is 12.1 Å². The van der Waals surface area contributed by atoms with Gasteiger partial charge >= 0.3 is 12.4 Å². The van der Waals surface area contributed by atoms with Crippen molar-refractivity contribution in [2.24, 2.45) is 0 Å². The van der Waals surface area contributed by atoms with E-state index in [4.69, 9.17) is 0 Å². The second kappa shape index (κ2) is 4.99. The average Bonchev–Trinajstić information content (AvgIpc) is 2.97. The van der Waals surface area contributed by atoms with Crippen LogP contribution in [0.4, 0.5) is 26.3 Å². The van der Waals surface area contributed by atoms with Crippen LogP contribution in [0.15, 0.2) is 31.3 Å². The minimum atomic E-state index is -4.96. The lowest BCUT2D eigenvalue weighted by molar-refractivity contribution is -0.139. The van der Waals surface area contributed by atoms with Crippen LogP contribution in [0.2, 0.25) is 0 Å². The third-order valence-corrected chi connectivity index (χ3v) is 7.08. The van der Waals surface area contributed by atoms with Crippen molar-refractivity contribution in [2.45, 2.75) is 20.8 Å². The summed E-state index contributed by atoms with van der Waals surface area (Å²) in [5.74, 6) is 0. The van der Waals surface area contributed by atoms with Gasteiger partial charge in [0.05, 0.1) is 11.1 Å². The van der Waals surface area contributed by atoms with Gasteiger partial charge in [0, 0.05) is 0 Å². The van der Waals surface area contributed by atoms with Crippen LogP contribution >= 0.6 is 22.7 Å². The van der Waals surface area contributed by atoms with E-state index >= 15 is 0 Å². The van der Waals surface area contributed by atoms with Gasteiger partial charge in [-0.3, -0.25) is 0 Å². The van der Waals surface area contributed by atoms with Gasteiger partial charge in [0.1, 0.15) is 8.42 Å². The maximum Gasteiger partial charge on any atom is 0.418 e. The molecule has 0 aromatic carbocycles. The fraction of sp³-hybridized carbons (Fsp3) is 0.200. The highest BCUT2D eigenvalue weighted by atomic mass is 32.3. The Labute approximate surface area is 122 Å². The van der Waals surface area contributed by atoms with Gasteiger partial charge in [-0.2, -0.15) is 26.3 Å². The number of hydrogen-bond acceptors (Lipinski definition) is 4. The number of halogens is 6. The predicted molar refractivity (Wildman–Crippen MR) is 64.1 cm³/mol. The van der Waals surface area contributed by atoms with Crippen molar-refractivity contribution in [3.05, 3.63) is 34.0 Å². The highest BCUT2D eigenvalue weighted by molar-refractivity contribution is 7.95. The van der Waals surface area contributed by atoms with Gasteiger partial charge < -0.3 is 0 Å². The van der Waals surface area contributed by atoms with E-state index in [1.54, 1.807) is 0 Å². The maximum absolute atomic E-state index is 12.7. The highest BCUT2D eigenvalue weighted by Crippen LogP contribution is 2.44. The Balaban J connectivity index is 2.66. The molecule has 2 rings (SSSR count). The number of hydrogen-bond donors (Lipinski definition) is 0. The Morgan fingerprint density at radius 1 is 0.762 bits per heavy atom. The van der Waals surface area contributed by atoms with Gasteiger partial charge in [-0.25, -0.2) is 8.42 Å². The first kappa shape index (κ1) is 16.3. The van der Waals surface area contributed by atoms with Gasteiger partial charge in [-0.1, -0.05) is 0 Å². The van der Waals surface area contributed by atoms with Crippen molar-refractivity contribution in [3.63, 3.8) is 0 Å². The Hall–Kier alpha value is -1.07. The summed E-state index contributed by atoms with van der Waals surface area (Å²) in [6, 6.07) is 1.05. The standard InChI is InChI=1S/C10H4F6O2S3/c11-9(12,13)5-1-3-19-7(5)21(17,18)8-6(2-4-20-8)10(14,15)16/h1-4H. The maximum atomic E-state index is 12.7. The first-order valence-electron chi connectivity index (χ1n) is 5.00. The summed E-state index contributed by atoms with van der Waals surface area (Å²) >= 11 is 0.465. The predicted octanol–water partition coefficient (Wildman–Crippen LogP) is 4.68. The Kier molecular flexibility index (Phi) is 3.87. The molecular weight excluding hydrogens is 362 g/mol. The Morgan fingerprint density at radius 2 is 1.10 bits per heavy atom. The van der Waals surface area contributed by atoms with Crippen LogP contribution in [0.1, 0.15) is 11.1 Å². The summed E-state index contributed by atoms with van der Waals surface area (Å²) in [4.78, 5) is 0. The SMILES string of the molecule is O=S(=O)(c1sccc1C(F)(F)F)c1sccc1C(F)(F)F. The minimum absolute atomic E-state index is 0.232. The van der Waals surface area contributed by atoms with Crippen LogP contribution in [0.25, 0.3) is 0 Å². The number of alkyl halides is 6. The quantitative estimate of drug-likeness (QED) is 0.724. The van der Waals surface area contributed by atoms with E-state index in [1.165, 1.54) is 0 Å². The summed E-state index contributed by atoms with van der Waals surface area (Å²) in [6.07, 6.45) is -9.92. The molecule has 116 valence electrons. The van der Waals surface area contributed by atoms with Crippen LogP contribution in [0.5, 0.6) is 0 Å². The van der Waals surface area contributed by atoms with Crippen molar-refractivity contribution < 1.29 is 34.8 Å². The van der Waals surface area contributed by atoms with Gasteiger partial charge in [-0.05, 0) is 22.9 Å². The minimum Gasteiger partial charge on any atom is -0.217 e. The van der Waals surface area contributed by atoms with E-state index in [1.807, 2.05) is 0 Å². The van der Waals surface area contributed by atoms with E-state index in [0.717, 1.165) is 10.8 Å². The molecule has 0 unspecified atom stereocenters. The fourth-order valence-electron chi connectivity index (χ4n) is 1.51. The molecule has 2 aromatic rings. The largest absolute Gasteiger partial charge is 0.418 e. The van der Waals surface area contributed by atoms with Crippen molar-refractivity contribution in [2.75, 3.05) is 0 Å². The molecule has 0 fully saturated rings. The van der Waals surface area contributed by atoms with Crippen LogP contribution in [0.3, 0.4) is 0 Å². The van der Waals surface area contributed by atoms with E-state index in [9.17, 15) is 34.8 Å². The van der Waals surface area contributed by atoms with E-state index < -0.39 is 41.7 Å². The van der Waals surface area contributed by atoms with E-state index in [-0.39, 0.29) is 22.7 Å². The molecule has 2 nitrogen and oxygen atoms in total. The van der Waals surface area contributed by atoms with Crippen molar-refractivity contribution >= 4 is 32.5 Å². The second-order valence-electron chi connectivity index (χ2n) is 3.74. The molecule has 0 spiro atoms. The zero-order valence-electron chi connectivity index (χ0n) is 9.62. The average molecular weight is 366 g/mol. The van der Waals surface area contributed by atoms with Crippen LogP contribution in [-0.4, -0.2) is 8.42 Å². The fourth-order valence-corrected chi connectivity index (χ4v) is 5.91. The first-order valence-corrected chi connectivity index (χ1v) is 8.24. The summed E-state index contributed by atoms with van der Waals surface area (Å²) in [5, 5.41) is 1.74. The van der Waals surface area contributed by atoms with E-state index in [2.05, 4.69) is 0 Å². The number of sulfone groups is 1. The lowest BCUT2D eigenvalue weighted by Crippen LogP contribution is -2.13.